The molecule has 1 atom stereocenters. The smallest absolute Gasteiger partial charge is 0.410 e. The van der Waals surface area contributed by atoms with Gasteiger partial charge in [-0.2, -0.15) is 0 Å². The van der Waals surface area contributed by atoms with Crippen LogP contribution in [0.5, 0.6) is 0 Å². The average molecular weight is 231 g/mol. The summed E-state index contributed by atoms with van der Waals surface area (Å²) in [7, 11) is 2.40. The van der Waals surface area contributed by atoms with E-state index in [9.17, 15) is 14.4 Å². The van der Waals surface area contributed by atoms with Crippen LogP contribution in [0.1, 0.15) is 6.42 Å². The molecule has 1 amide bonds. The van der Waals surface area contributed by atoms with E-state index in [-0.39, 0.29) is 19.6 Å². The number of rotatable bonds is 4. The second-order valence-corrected chi connectivity index (χ2v) is 3.13. The zero-order valence-corrected chi connectivity index (χ0v) is 9.10. The molecule has 7 heteroatoms. The summed E-state index contributed by atoms with van der Waals surface area (Å²) in [6.07, 6.45) is -0.863. The summed E-state index contributed by atoms with van der Waals surface area (Å²) >= 11 is 0. The molecule has 0 aromatic heterocycles. The SMILES string of the molecule is COC(=O)CC(C(=O)OC)N1CCOC1=O. The van der Waals surface area contributed by atoms with E-state index in [1.165, 1.54) is 14.2 Å². The molecule has 1 fully saturated rings. The van der Waals surface area contributed by atoms with E-state index in [1.54, 1.807) is 0 Å². The van der Waals surface area contributed by atoms with Gasteiger partial charge in [0.05, 0.1) is 27.2 Å². The fraction of sp³-hybridized carbons (Fsp3) is 0.667. The number of hydrogen-bond acceptors (Lipinski definition) is 6. The molecule has 1 rings (SSSR count). The van der Waals surface area contributed by atoms with Gasteiger partial charge in [0.1, 0.15) is 12.6 Å². The van der Waals surface area contributed by atoms with Gasteiger partial charge in [-0.25, -0.2) is 9.59 Å². The van der Waals surface area contributed by atoms with Crippen molar-refractivity contribution in [2.75, 3.05) is 27.4 Å². The predicted octanol–water partition coefficient (Wildman–Crippen LogP) is -0.457. The second-order valence-electron chi connectivity index (χ2n) is 3.13. The number of hydrogen-bond donors (Lipinski definition) is 0. The Kier molecular flexibility index (Phi) is 4.10. The van der Waals surface area contributed by atoms with Crippen LogP contribution < -0.4 is 0 Å². The third-order valence-corrected chi connectivity index (χ3v) is 2.23. The lowest BCUT2D eigenvalue weighted by Gasteiger charge is -2.21. The van der Waals surface area contributed by atoms with Crippen LogP contribution in [0.2, 0.25) is 0 Å². The van der Waals surface area contributed by atoms with Crippen LogP contribution in [-0.4, -0.2) is 56.3 Å². The minimum atomic E-state index is -0.979. The molecule has 1 aliphatic heterocycles. The van der Waals surface area contributed by atoms with E-state index in [1.807, 2.05) is 0 Å². The Morgan fingerprint density at radius 3 is 2.56 bits per heavy atom. The van der Waals surface area contributed by atoms with Crippen molar-refractivity contribution in [2.45, 2.75) is 12.5 Å². The van der Waals surface area contributed by atoms with Crippen LogP contribution in [0.25, 0.3) is 0 Å². The molecule has 1 unspecified atom stereocenters. The van der Waals surface area contributed by atoms with Gasteiger partial charge in [0, 0.05) is 0 Å². The van der Waals surface area contributed by atoms with Gasteiger partial charge >= 0.3 is 18.0 Å². The molecule has 1 saturated heterocycles. The van der Waals surface area contributed by atoms with Gasteiger partial charge in [0.15, 0.2) is 0 Å². The van der Waals surface area contributed by atoms with Gasteiger partial charge in [-0.1, -0.05) is 0 Å². The van der Waals surface area contributed by atoms with E-state index >= 15 is 0 Å². The lowest BCUT2D eigenvalue weighted by molar-refractivity contribution is -0.152. The lowest BCUT2D eigenvalue weighted by Crippen LogP contribution is -2.44. The van der Waals surface area contributed by atoms with Crippen LogP contribution in [0, 0.1) is 0 Å². The van der Waals surface area contributed by atoms with Crippen molar-refractivity contribution in [2.24, 2.45) is 0 Å². The maximum Gasteiger partial charge on any atom is 0.410 e. The maximum absolute atomic E-state index is 11.4. The Labute approximate surface area is 92.2 Å². The first-order valence-electron chi connectivity index (χ1n) is 4.68. The molecular formula is C9H13NO6. The van der Waals surface area contributed by atoms with Gasteiger partial charge < -0.3 is 14.2 Å². The summed E-state index contributed by atoms with van der Waals surface area (Å²) in [5.41, 5.74) is 0. The summed E-state index contributed by atoms with van der Waals surface area (Å²) in [6.45, 7) is 0.461. The van der Waals surface area contributed by atoms with Crippen molar-refractivity contribution < 1.29 is 28.6 Å². The highest BCUT2D eigenvalue weighted by Crippen LogP contribution is 2.13. The van der Waals surface area contributed by atoms with Gasteiger partial charge in [0.2, 0.25) is 0 Å². The molecule has 1 aliphatic rings. The quantitative estimate of drug-likeness (QED) is 0.481. The van der Waals surface area contributed by atoms with E-state index in [2.05, 4.69) is 14.2 Å². The summed E-state index contributed by atoms with van der Waals surface area (Å²) in [5.74, 6) is -1.25. The molecule has 16 heavy (non-hydrogen) atoms. The number of amides is 1. The van der Waals surface area contributed by atoms with Crippen molar-refractivity contribution in [1.29, 1.82) is 0 Å². The van der Waals surface area contributed by atoms with Crippen molar-refractivity contribution in [3.63, 3.8) is 0 Å². The highest BCUT2D eigenvalue weighted by atomic mass is 16.6. The molecule has 0 bridgehead atoms. The van der Waals surface area contributed by atoms with E-state index in [0.717, 1.165) is 4.90 Å². The lowest BCUT2D eigenvalue weighted by atomic mass is 10.2. The van der Waals surface area contributed by atoms with Crippen LogP contribution >= 0.6 is 0 Å². The number of cyclic esters (lactones) is 1. The van der Waals surface area contributed by atoms with E-state index in [4.69, 9.17) is 0 Å². The van der Waals surface area contributed by atoms with E-state index < -0.39 is 24.1 Å². The molecule has 7 nitrogen and oxygen atoms in total. The minimum absolute atomic E-state index is 0.202. The van der Waals surface area contributed by atoms with Crippen LogP contribution in [0.4, 0.5) is 4.79 Å². The van der Waals surface area contributed by atoms with Gasteiger partial charge in [-0.05, 0) is 0 Å². The van der Waals surface area contributed by atoms with Crippen molar-refractivity contribution in [3.8, 4) is 0 Å². The molecule has 0 spiro atoms. The Morgan fingerprint density at radius 2 is 2.12 bits per heavy atom. The normalized spacial score (nSPS) is 16.6. The number of methoxy groups -OCH3 is 2. The zero-order chi connectivity index (χ0) is 12.1. The molecule has 1 heterocycles. The molecule has 0 aromatic rings. The largest absolute Gasteiger partial charge is 0.469 e. The first-order valence-corrected chi connectivity index (χ1v) is 4.68. The highest BCUT2D eigenvalue weighted by Gasteiger charge is 2.36. The van der Waals surface area contributed by atoms with Gasteiger partial charge in [-0.15, -0.1) is 0 Å². The van der Waals surface area contributed by atoms with Crippen LogP contribution in [-0.2, 0) is 23.8 Å². The third kappa shape index (κ3) is 2.62. The number of ether oxygens (including phenoxy) is 3. The highest BCUT2D eigenvalue weighted by molar-refractivity contribution is 5.86. The first kappa shape index (κ1) is 12.3. The molecule has 90 valence electrons. The van der Waals surface area contributed by atoms with Crippen molar-refractivity contribution >= 4 is 18.0 Å². The van der Waals surface area contributed by atoms with Crippen LogP contribution in [0.15, 0.2) is 0 Å². The molecule has 0 N–H and O–H groups in total. The molecule has 0 saturated carbocycles. The minimum Gasteiger partial charge on any atom is -0.469 e. The summed E-state index contributed by atoms with van der Waals surface area (Å²) < 4.78 is 13.7. The topological polar surface area (TPSA) is 82.1 Å². The monoisotopic (exact) mass is 231 g/mol. The maximum atomic E-state index is 11.4. The number of esters is 2. The van der Waals surface area contributed by atoms with Crippen molar-refractivity contribution in [1.82, 2.24) is 4.90 Å². The summed E-state index contributed by atoms with van der Waals surface area (Å²) in [6, 6.07) is -0.979. The second kappa shape index (κ2) is 5.34. The van der Waals surface area contributed by atoms with Gasteiger partial charge in [0.25, 0.3) is 0 Å². The number of carbonyl (C=O) groups excluding carboxylic acids is 3. The fourth-order valence-corrected chi connectivity index (χ4v) is 1.39. The van der Waals surface area contributed by atoms with Crippen LogP contribution in [0.3, 0.4) is 0 Å². The summed E-state index contributed by atoms with van der Waals surface area (Å²) in [5, 5.41) is 0. The Hall–Kier alpha value is -1.79. The molecule has 0 aliphatic carbocycles. The molecular weight excluding hydrogens is 218 g/mol. The average Bonchev–Trinajstić information content (AvgIpc) is 2.70. The number of carbonyl (C=O) groups is 3. The van der Waals surface area contributed by atoms with Crippen molar-refractivity contribution in [3.05, 3.63) is 0 Å². The third-order valence-electron chi connectivity index (χ3n) is 2.23. The standard InChI is InChI=1S/C9H13NO6/c1-14-7(11)5-6(8(12)15-2)10-3-4-16-9(10)13/h6H,3-5H2,1-2H3. The molecule has 0 aromatic carbocycles. The Bertz CT molecular complexity index is 302. The number of nitrogens with zero attached hydrogens (tertiary/aromatic N) is 1. The fourth-order valence-electron chi connectivity index (χ4n) is 1.39. The zero-order valence-electron chi connectivity index (χ0n) is 9.10. The first-order chi connectivity index (χ1) is 7.60. The summed E-state index contributed by atoms with van der Waals surface area (Å²) in [4.78, 5) is 34.9. The predicted molar refractivity (Wildman–Crippen MR) is 50.5 cm³/mol. The van der Waals surface area contributed by atoms with E-state index in [0.29, 0.717) is 0 Å². The van der Waals surface area contributed by atoms with Gasteiger partial charge in [-0.3, -0.25) is 9.69 Å². The Balaban J connectivity index is 2.74. The molecule has 0 radical (unpaired) electrons. The Morgan fingerprint density at radius 1 is 1.44 bits per heavy atom.